The molecule has 0 saturated carbocycles. The van der Waals surface area contributed by atoms with E-state index in [2.05, 4.69) is 5.32 Å². The van der Waals surface area contributed by atoms with Crippen molar-refractivity contribution in [1.29, 1.82) is 0 Å². The molecule has 0 radical (unpaired) electrons. The number of nitrogens with one attached hydrogen (secondary N) is 1. The molecule has 21 heavy (non-hydrogen) atoms. The highest BCUT2D eigenvalue weighted by atomic mass is 35.5. The minimum absolute atomic E-state index is 0.208. The Balaban J connectivity index is 2.32. The fourth-order valence-electron chi connectivity index (χ4n) is 1.57. The lowest BCUT2D eigenvalue weighted by atomic mass is 10.2. The molecule has 0 spiro atoms. The summed E-state index contributed by atoms with van der Waals surface area (Å²) in [5.41, 5.74) is 1.06. The number of halogens is 1. The molecule has 1 amide bonds. The van der Waals surface area contributed by atoms with Crippen LogP contribution in [-0.4, -0.2) is 42.5 Å². The lowest BCUT2D eigenvalue weighted by Gasteiger charge is -2.13. The van der Waals surface area contributed by atoms with Crippen LogP contribution in [0.2, 0.25) is 5.02 Å². The van der Waals surface area contributed by atoms with Gasteiger partial charge in [-0.2, -0.15) is 0 Å². The number of methoxy groups -OCH3 is 1. The van der Waals surface area contributed by atoms with Crippen molar-refractivity contribution in [2.45, 2.75) is 18.2 Å². The molecule has 0 aromatic heterocycles. The maximum Gasteiger partial charge on any atom is 0.326 e. The first-order valence-electron chi connectivity index (χ1n) is 6.36. The number of rotatable bonds is 9. The van der Waals surface area contributed by atoms with E-state index >= 15 is 0 Å². The second kappa shape index (κ2) is 9.65. The van der Waals surface area contributed by atoms with Gasteiger partial charge in [-0.15, -0.1) is 11.8 Å². The van der Waals surface area contributed by atoms with Gasteiger partial charge in [0.1, 0.15) is 6.04 Å². The molecule has 0 bridgehead atoms. The van der Waals surface area contributed by atoms with Gasteiger partial charge in [0, 0.05) is 30.9 Å². The zero-order valence-corrected chi connectivity index (χ0v) is 13.2. The van der Waals surface area contributed by atoms with Crippen molar-refractivity contribution in [1.82, 2.24) is 5.32 Å². The Hall–Kier alpha value is -1.24. The van der Waals surface area contributed by atoms with Crippen LogP contribution in [0.15, 0.2) is 24.3 Å². The zero-order valence-electron chi connectivity index (χ0n) is 11.7. The molecular formula is C14H18ClNO4S. The molecular weight excluding hydrogens is 314 g/mol. The fraction of sp³-hybridized carbons (Fsp3) is 0.429. The van der Waals surface area contributed by atoms with Crippen molar-refractivity contribution in [3.63, 3.8) is 0 Å². The number of amides is 1. The lowest BCUT2D eigenvalue weighted by molar-refractivity contribution is -0.142. The Morgan fingerprint density at radius 1 is 1.38 bits per heavy atom. The molecule has 1 rings (SSSR count). The van der Waals surface area contributed by atoms with E-state index in [0.717, 1.165) is 5.56 Å². The third-order valence-corrected chi connectivity index (χ3v) is 3.91. The maximum absolute atomic E-state index is 11.7. The molecule has 0 fully saturated rings. The van der Waals surface area contributed by atoms with Gasteiger partial charge in [0.05, 0.1) is 5.75 Å². The van der Waals surface area contributed by atoms with E-state index in [-0.39, 0.29) is 24.7 Å². The van der Waals surface area contributed by atoms with Crippen LogP contribution in [0.4, 0.5) is 0 Å². The van der Waals surface area contributed by atoms with E-state index in [1.54, 1.807) is 12.1 Å². The summed E-state index contributed by atoms with van der Waals surface area (Å²) < 4.78 is 4.82. The minimum atomic E-state index is -1.05. The SMILES string of the molecule is COCCC(NC(=O)CSCc1ccc(Cl)cc1)C(=O)O. The Morgan fingerprint density at radius 2 is 2.05 bits per heavy atom. The van der Waals surface area contributed by atoms with E-state index in [1.807, 2.05) is 12.1 Å². The smallest absolute Gasteiger partial charge is 0.326 e. The summed E-state index contributed by atoms with van der Waals surface area (Å²) in [6.07, 6.45) is 0.249. The quantitative estimate of drug-likeness (QED) is 0.725. The molecule has 7 heteroatoms. The number of carbonyl (C=O) groups is 2. The van der Waals surface area contributed by atoms with E-state index in [4.69, 9.17) is 21.4 Å². The summed E-state index contributed by atoms with van der Waals surface area (Å²) in [6, 6.07) is 6.47. The van der Waals surface area contributed by atoms with Gasteiger partial charge >= 0.3 is 5.97 Å². The zero-order chi connectivity index (χ0) is 15.7. The van der Waals surface area contributed by atoms with Gasteiger partial charge in [0.25, 0.3) is 0 Å². The van der Waals surface area contributed by atoms with Crippen LogP contribution >= 0.6 is 23.4 Å². The van der Waals surface area contributed by atoms with E-state index in [0.29, 0.717) is 10.8 Å². The first kappa shape index (κ1) is 17.8. The second-order valence-electron chi connectivity index (χ2n) is 4.36. The number of carboxylic acid groups (broad SMARTS) is 1. The summed E-state index contributed by atoms with van der Waals surface area (Å²) >= 11 is 7.21. The third-order valence-electron chi connectivity index (χ3n) is 2.66. The van der Waals surface area contributed by atoms with Gasteiger partial charge in [0.2, 0.25) is 5.91 Å². The highest BCUT2D eigenvalue weighted by Crippen LogP contribution is 2.15. The van der Waals surface area contributed by atoms with Crippen molar-refractivity contribution in [2.75, 3.05) is 19.5 Å². The van der Waals surface area contributed by atoms with E-state index in [9.17, 15) is 9.59 Å². The van der Waals surface area contributed by atoms with Crippen molar-refractivity contribution >= 4 is 35.2 Å². The molecule has 1 aromatic rings. The van der Waals surface area contributed by atoms with Crippen LogP contribution < -0.4 is 5.32 Å². The molecule has 1 unspecified atom stereocenters. The van der Waals surface area contributed by atoms with Gasteiger partial charge in [-0.1, -0.05) is 23.7 Å². The number of hydrogen-bond acceptors (Lipinski definition) is 4. The van der Waals surface area contributed by atoms with Gasteiger partial charge in [-0.3, -0.25) is 4.79 Å². The number of carbonyl (C=O) groups excluding carboxylic acids is 1. The molecule has 0 saturated heterocycles. The largest absolute Gasteiger partial charge is 0.480 e. The average Bonchev–Trinajstić information content (AvgIpc) is 2.45. The van der Waals surface area contributed by atoms with Crippen molar-refractivity contribution in [3.8, 4) is 0 Å². The first-order valence-corrected chi connectivity index (χ1v) is 7.89. The van der Waals surface area contributed by atoms with Gasteiger partial charge in [-0.25, -0.2) is 4.79 Å². The Morgan fingerprint density at radius 3 is 2.62 bits per heavy atom. The van der Waals surface area contributed by atoms with Crippen LogP contribution in [0.1, 0.15) is 12.0 Å². The Labute approximate surface area is 133 Å². The van der Waals surface area contributed by atoms with Gasteiger partial charge in [-0.05, 0) is 17.7 Å². The molecule has 2 N–H and O–H groups in total. The molecule has 0 aliphatic rings. The molecule has 116 valence electrons. The van der Waals surface area contributed by atoms with E-state index in [1.165, 1.54) is 18.9 Å². The average molecular weight is 332 g/mol. The molecule has 1 atom stereocenters. The third kappa shape index (κ3) is 7.36. The van der Waals surface area contributed by atoms with Crippen LogP contribution in [-0.2, 0) is 20.1 Å². The summed E-state index contributed by atoms with van der Waals surface area (Å²) in [4.78, 5) is 22.7. The van der Waals surface area contributed by atoms with Crippen LogP contribution in [0.5, 0.6) is 0 Å². The molecule has 0 heterocycles. The normalized spacial score (nSPS) is 11.9. The van der Waals surface area contributed by atoms with Crippen LogP contribution in [0.25, 0.3) is 0 Å². The van der Waals surface area contributed by atoms with Crippen molar-refractivity contribution in [3.05, 3.63) is 34.9 Å². The molecule has 0 aliphatic heterocycles. The fourth-order valence-corrected chi connectivity index (χ4v) is 2.50. The molecule has 0 aliphatic carbocycles. The van der Waals surface area contributed by atoms with Crippen LogP contribution in [0.3, 0.4) is 0 Å². The predicted molar refractivity (Wildman–Crippen MR) is 83.7 cm³/mol. The highest BCUT2D eigenvalue weighted by molar-refractivity contribution is 7.99. The maximum atomic E-state index is 11.7. The number of carboxylic acids is 1. The second-order valence-corrected chi connectivity index (χ2v) is 5.78. The molecule has 5 nitrogen and oxygen atoms in total. The Kier molecular flexibility index (Phi) is 8.19. The van der Waals surface area contributed by atoms with Crippen molar-refractivity contribution in [2.24, 2.45) is 0 Å². The highest BCUT2D eigenvalue weighted by Gasteiger charge is 2.19. The number of thioether (sulfide) groups is 1. The van der Waals surface area contributed by atoms with Crippen molar-refractivity contribution < 1.29 is 19.4 Å². The summed E-state index contributed by atoms with van der Waals surface area (Å²) in [7, 11) is 1.49. The minimum Gasteiger partial charge on any atom is -0.480 e. The standard InChI is InChI=1S/C14H18ClNO4S/c1-20-7-6-12(14(18)19)16-13(17)9-21-8-10-2-4-11(15)5-3-10/h2-5,12H,6-9H2,1H3,(H,16,17)(H,18,19). The number of benzene rings is 1. The summed E-state index contributed by atoms with van der Waals surface area (Å²) in [6.45, 7) is 0.287. The predicted octanol–water partition coefficient (Wildman–Crippen LogP) is 2.18. The number of hydrogen-bond donors (Lipinski definition) is 2. The number of aliphatic carboxylic acids is 1. The van der Waals surface area contributed by atoms with E-state index < -0.39 is 12.0 Å². The lowest BCUT2D eigenvalue weighted by Crippen LogP contribution is -2.42. The van der Waals surface area contributed by atoms with Gasteiger partial charge < -0.3 is 15.2 Å². The van der Waals surface area contributed by atoms with Crippen LogP contribution in [0, 0.1) is 0 Å². The van der Waals surface area contributed by atoms with Gasteiger partial charge in [0.15, 0.2) is 0 Å². The Bertz CT molecular complexity index is 467. The first-order chi connectivity index (χ1) is 10.0. The summed E-state index contributed by atoms with van der Waals surface area (Å²) in [5, 5.41) is 12.1. The topological polar surface area (TPSA) is 75.6 Å². The monoisotopic (exact) mass is 331 g/mol. The number of ether oxygens (including phenoxy) is 1. The summed E-state index contributed by atoms with van der Waals surface area (Å²) in [5.74, 6) is -0.472. The molecule has 1 aromatic carbocycles.